The molecule has 0 amide bonds. The largest absolute Gasteiger partial charge is 0.287 e. The van der Waals surface area contributed by atoms with Crippen LogP contribution in [0.1, 0.15) is 18.1 Å². The summed E-state index contributed by atoms with van der Waals surface area (Å²) < 4.78 is 0. The summed E-state index contributed by atoms with van der Waals surface area (Å²) in [6.45, 7) is 2.84. The predicted octanol–water partition coefficient (Wildman–Crippen LogP) is 3.50. The van der Waals surface area contributed by atoms with Crippen molar-refractivity contribution >= 4 is 5.84 Å². The molecule has 2 aromatic carbocycles. The highest BCUT2D eigenvalue weighted by atomic mass is 16.5. The topological polar surface area (TPSA) is 35.8 Å². The van der Waals surface area contributed by atoms with Crippen LogP contribution in [-0.4, -0.2) is 16.1 Å². The van der Waals surface area contributed by atoms with Gasteiger partial charge in [0.15, 0.2) is 0 Å². The van der Waals surface area contributed by atoms with Crippen molar-refractivity contribution in [2.45, 2.75) is 20.0 Å². The fourth-order valence-corrected chi connectivity index (χ4v) is 1.74. The highest BCUT2D eigenvalue weighted by Crippen LogP contribution is 2.05. The highest BCUT2D eigenvalue weighted by molar-refractivity contribution is 5.78. The van der Waals surface area contributed by atoms with Gasteiger partial charge >= 0.3 is 0 Å². The van der Waals surface area contributed by atoms with Gasteiger partial charge in [0, 0.05) is 0 Å². The molecule has 98 valence electrons. The summed E-state index contributed by atoms with van der Waals surface area (Å²) >= 11 is 0. The van der Waals surface area contributed by atoms with Crippen molar-refractivity contribution in [2.75, 3.05) is 0 Å². The van der Waals surface area contributed by atoms with Gasteiger partial charge < -0.3 is 0 Å². The van der Waals surface area contributed by atoms with E-state index in [0.717, 1.165) is 11.1 Å². The summed E-state index contributed by atoms with van der Waals surface area (Å²) in [6, 6.07) is 19.8. The molecule has 0 radical (unpaired) electrons. The Kier molecular flexibility index (Phi) is 4.70. The average Bonchev–Trinajstić information content (AvgIpc) is 2.47. The minimum Gasteiger partial charge on any atom is -0.287 e. The van der Waals surface area contributed by atoms with Crippen LogP contribution in [-0.2, 0) is 13.1 Å². The lowest BCUT2D eigenvalue weighted by molar-refractivity contribution is -0.0238. The molecule has 0 spiro atoms. The first-order chi connectivity index (χ1) is 9.25. The molecule has 0 atom stereocenters. The Balaban J connectivity index is 1.93. The van der Waals surface area contributed by atoms with Crippen LogP contribution >= 0.6 is 0 Å². The van der Waals surface area contributed by atoms with E-state index in [1.54, 1.807) is 0 Å². The maximum Gasteiger partial charge on any atom is 0.121 e. The molecule has 0 unspecified atom stereocenters. The van der Waals surface area contributed by atoms with Gasteiger partial charge in [-0.1, -0.05) is 60.7 Å². The number of hydroxylamine groups is 2. The third-order valence-electron chi connectivity index (χ3n) is 2.88. The van der Waals surface area contributed by atoms with Crippen molar-refractivity contribution in [3.63, 3.8) is 0 Å². The SMILES string of the molecule is C/C(=N/Cc1ccccc1)N(O)Cc1ccccc1. The van der Waals surface area contributed by atoms with Crippen LogP contribution < -0.4 is 0 Å². The Morgan fingerprint density at radius 2 is 1.47 bits per heavy atom. The molecule has 0 fully saturated rings. The third kappa shape index (κ3) is 4.23. The van der Waals surface area contributed by atoms with Gasteiger partial charge in [-0.05, 0) is 18.1 Å². The number of nitrogens with zero attached hydrogens (tertiary/aromatic N) is 2. The fourth-order valence-electron chi connectivity index (χ4n) is 1.74. The quantitative estimate of drug-likeness (QED) is 0.515. The van der Waals surface area contributed by atoms with E-state index in [-0.39, 0.29) is 0 Å². The van der Waals surface area contributed by atoms with Gasteiger partial charge in [-0.25, -0.2) is 5.06 Å². The van der Waals surface area contributed by atoms with Crippen molar-refractivity contribution < 1.29 is 5.21 Å². The van der Waals surface area contributed by atoms with E-state index in [4.69, 9.17) is 0 Å². The molecule has 0 saturated carbocycles. The number of aliphatic imine (C=N–C) groups is 1. The zero-order chi connectivity index (χ0) is 13.5. The van der Waals surface area contributed by atoms with Crippen molar-refractivity contribution in [1.29, 1.82) is 0 Å². The van der Waals surface area contributed by atoms with Gasteiger partial charge in [0.1, 0.15) is 5.84 Å². The van der Waals surface area contributed by atoms with Crippen LogP contribution in [0, 0.1) is 0 Å². The molecule has 0 heterocycles. The Hall–Kier alpha value is -2.13. The van der Waals surface area contributed by atoms with Crippen LogP contribution in [0.25, 0.3) is 0 Å². The van der Waals surface area contributed by atoms with Crippen LogP contribution in [0.5, 0.6) is 0 Å². The van der Waals surface area contributed by atoms with Crippen molar-refractivity contribution in [3.05, 3.63) is 71.8 Å². The maximum absolute atomic E-state index is 9.95. The first-order valence-corrected chi connectivity index (χ1v) is 6.31. The van der Waals surface area contributed by atoms with Crippen LogP contribution in [0.2, 0.25) is 0 Å². The van der Waals surface area contributed by atoms with Crippen molar-refractivity contribution in [3.8, 4) is 0 Å². The lowest BCUT2D eigenvalue weighted by atomic mass is 10.2. The summed E-state index contributed by atoms with van der Waals surface area (Å²) in [4.78, 5) is 4.38. The summed E-state index contributed by atoms with van der Waals surface area (Å²) in [5.41, 5.74) is 2.19. The number of hydrogen-bond donors (Lipinski definition) is 1. The van der Waals surface area contributed by atoms with Gasteiger partial charge in [-0.2, -0.15) is 0 Å². The van der Waals surface area contributed by atoms with Gasteiger partial charge in [0.05, 0.1) is 13.1 Å². The average molecular weight is 254 g/mol. The highest BCUT2D eigenvalue weighted by Gasteiger charge is 2.03. The molecule has 2 rings (SSSR count). The summed E-state index contributed by atoms with van der Waals surface area (Å²) in [6.07, 6.45) is 0. The lowest BCUT2D eigenvalue weighted by Crippen LogP contribution is -2.24. The second kappa shape index (κ2) is 6.71. The van der Waals surface area contributed by atoms with Crippen LogP contribution in [0.15, 0.2) is 65.7 Å². The zero-order valence-corrected chi connectivity index (χ0v) is 11.0. The minimum atomic E-state index is 0.449. The Labute approximate surface area is 113 Å². The fraction of sp³-hybridized carbons (Fsp3) is 0.188. The normalized spacial score (nSPS) is 11.4. The molecule has 0 aromatic heterocycles. The van der Waals surface area contributed by atoms with E-state index >= 15 is 0 Å². The second-order valence-corrected chi connectivity index (χ2v) is 4.39. The number of rotatable bonds is 4. The second-order valence-electron chi connectivity index (χ2n) is 4.39. The smallest absolute Gasteiger partial charge is 0.121 e. The summed E-state index contributed by atoms with van der Waals surface area (Å²) in [5.74, 6) is 0.618. The molecule has 19 heavy (non-hydrogen) atoms. The molecule has 1 N–H and O–H groups in total. The minimum absolute atomic E-state index is 0.449. The van der Waals surface area contributed by atoms with E-state index in [9.17, 15) is 5.21 Å². The lowest BCUT2D eigenvalue weighted by Gasteiger charge is -2.16. The zero-order valence-electron chi connectivity index (χ0n) is 11.0. The number of amidine groups is 1. The summed E-state index contributed by atoms with van der Waals surface area (Å²) in [5, 5.41) is 11.1. The monoisotopic (exact) mass is 254 g/mol. The van der Waals surface area contributed by atoms with Crippen LogP contribution in [0.4, 0.5) is 0 Å². The molecule has 3 nitrogen and oxygen atoms in total. The van der Waals surface area contributed by atoms with Gasteiger partial charge in [-0.15, -0.1) is 0 Å². The number of hydrogen-bond acceptors (Lipinski definition) is 2. The van der Waals surface area contributed by atoms with E-state index < -0.39 is 0 Å². The molecule has 0 aliphatic heterocycles. The molecule has 2 aromatic rings. The Morgan fingerprint density at radius 3 is 2.05 bits per heavy atom. The predicted molar refractivity (Wildman–Crippen MR) is 77.0 cm³/mol. The first-order valence-electron chi connectivity index (χ1n) is 6.31. The number of benzene rings is 2. The molecule has 3 heteroatoms. The van der Waals surface area contributed by atoms with E-state index in [0.29, 0.717) is 18.9 Å². The van der Waals surface area contributed by atoms with E-state index in [1.807, 2.05) is 67.6 Å². The Morgan fingerprint density at radius 1 is 0.947 bits per heavy atom. The van der Waals surface area contributed by atoms with Gasteiger partial charge in [-0.3, -0.25) is 10.2 Å². The molecule has 0 aliphatic rings. The molecule has 0 saturated heterocycles. The molecular weight excluding hydrogens is 236 g/mol. The first kappa shape index (κ1) is 13.3. The van der Waals surface area contributed by atoms with E-state index in [1.165, 1.54) is 5.06 Å². The standard InChI is InChI=1S/C16H18N2O/c1-14(17-12-15-8-4-2-5-9-15)18(19)13-16-10-6-3-7-11-16/h2-11,19H,12-13H2,1H3/b17-14-. The third-order valence-corrected chi connectivity index (χ3v) is 2.88. The van der Waals surface area contributed by atoms with Crippen molar-refractivity contribution in [1.82, 2.24) is 5.06 Å². The molecular formula is C16H18N2O. The summed E-state index contributed by atoms with van der Waals surface area (Å²) in [7, 11) is 0. The maximum atomic E-state index is 9.95. The molecule has 0 bridgehead atoms. The van der Waals surface area contributed by atoms with Crippen molar-refractivity contribution in [2.24, 2.45) is 4.99 Å². The van der Waals surface area contributed by atoms with Crippen LogP contribution in [0.3, 0.4) is 0 Å². The van der Waals surface area contributed by atoms with Gasteiger partial charge in [0.25, 0.3) is 0 Å². The van der Waals surface area contributed by atoms with Gasteiger partial charge in [0.2, 0.25) is 0 Å². The Bertz CT molecular complexity index is 523. The molecule has 0 aliphatic carbocycles. The van der Waals surface area contributed by atoms with E-state index in [2.05, 4.69) is 4.99 Å².